The van der Waals surface area contributed by atoms with E-state index >= 15 is 0 Å². The van der Waals surface area contributed by atoms with E-state index in [2.05, 4.69) is 64.0 Å². The standard InChI is InChI=1S/C20H25IN2O2/c1-15-12-23(9-8-22-15)13-17-10-18(21)20(19(11-17)24-2)25-14-16-6-4-3-5-7-16/h3-7,10-11,15,22H,8-9,12-14H2,1-2H3/t15-/m0/s1. The zero-order valence-corrected chi connectivity index (χ0v) is 17.0. The van der Waals surface area contributed by atoms with Gasteiger partial charge in [-0.25, -0.2) is 0 Å². The highest BCUT2D eigenvalue weighted by Crippen LogP contribution is 2.35. The maximum absolute atomic E-state index is 6.05. The predicted molar refractivity (Wildman–Crippen MR) is 109 cm³/mol. The van der Waals surface area contributed by atoms with Crippen molar-refractivity contribution in [3.8, 4) is 11.5 Å². The third-order valence-electron chi connectivity index (χ3n) is 4.37. The summed E-state index contributed by atoms with van der Waals surface area (Å²) in [6.07, 6.45) is 0. The normalized spacial score (nSPS) is 18.1. The van der Waals surface area contributed by atoms with Gasteiger partial charge in [-0.3, -0.25) is 4.90 Å². The van der Waals surface area contributed by atoms with E-state index in [-0.39, 0.29) is 0 Å². The molecule has 0 unspecified atom stereocenters. The number of nitrogens with zero attached hydrogens (tertiary/aromatic N) is 1. The van der Waals surface area contributed by atoms with Gasteiger partial charge in [0.05, 0.1) is 10.7 Å². The van der Waals surface area contributed by atoms with Crippen LogP contribution in [0.3, 0.4) is 0 Å². The van der Waals surface area contributed by atoms with Crippen LogP contribution < -0.4 is 14.8 Å². The molecule has 25 heavy (non-hydrogen) atoms. The quantitative estimate of drug-likeness (QED) is 0.679. The second-order valence-corrected chi connectivity index (χ2v) is 7.64. The molecule has 5 heteroatoms. The minimum absolute atomic E-state index is 0.544. The number of hydrogen-bond acceptors (Lipinski definition) is 4. The van der Waals surface area contributed by atoms with Crippen molar-refractivity contribution in [1.29, 1.82) is 0 Å². The number of methoxy groups -OCH3 is 1. The van der Waals surface area contributed by atoms with Crippen LogP contribution in [0.2, 0.25) is 0 Å². The van der Waals surface area contributed by atoms with Crippen LogP contribution in [-0.4, -0.2) is 37.7 Å². The first kappa shape index (κ1) is 18.5. The number of rotatable bonds is 6. The van der Waals surface area contributed by atoms with Gasteiger partial charge in [0.15, 0.2) is 11.5 Å². The van der Waals surface area contributed by atoms with E-state index in [1.807, 2.05) is 18.2 Å². The fraction of sp³-hybridized carbons (Fsp3) is 0.400. The Bertz CT molecular complexity index is 694. The monoisotopic (exact) mass is 452 g/mol. The van der Waals surface area contributed by atoms with E-state index in [4.69, 9.17) is 9.47 Å². The maximum atomic E-state index is 6.05. The summed E-state index contributed by atoms with van der Waals surface area (Å²) in [6.45, 7) is 6.92. The van der Waals surface area contributed by atoms with Gasteiger partial charge in [0.25, 0.3) is 0 Å². The molecule has 1 aliphatic heterocycles. The van der Waals surface area contributed by atoms with Gasteiger partial charge in [-0.2, -0.15) is 0 Å². The molecule has 0 radical (unpaired) electrons. The fourth-order valence-corrected chi connectivity index (χ4v) is 3.97. The predicted octanol–water partition coefficient (Wildman–Crippen LogP) is 3.67. The Morgan fingerprint density at radius 3 is 2.72 bits per heavy atom. The average Bonchev–Trinajstić information content (AvgIpc) is 2.61. The largest absolute Gasteiger partial charge is 0.493 e. The zero-order valence-electron chi connectivity index (χ0n) is 14.8. The van der Waals surface area contributed by atoms with Gasteiger partial charge in [0.2, 0.25) is 0 Å². The molecule has 1 atom stereocenters. The smallest absolute Gasteiger partial charge is 0.174 e. The Balaban J connectivity index is 1.71. The van der Waals surface area contributed by atoms with Crippen LogP contribution in [0.5, 0.6) is 11.5 Å². The molecular formula is C20H25IN2O2. The first-order valence-electron chi connectivity index (χ1n) is 8.64. The van der Waals surface area contributed by atoms with Crippen molar-refractivity contribution < 1.29 is 9.47 Å². The molecule has 1 saturated heterocycles. The van der Waals surface area contributed by atoms with E-state index in [1.54, 1.807) is 7.11 Å². The van der Waals surface area contributed by atoms with Crippen LogP contribution in [0.1, 0.15) is 18.1 Å². The van der Waals surface area contributed by atoms with Crippen molar-refractivity contribution in [3.63, 3.8) is 0 Å². The van der Waals surface area contributed by atoms with Crippen LogP contribution in [0, 0.1) is 3.57 Å². The van der Waals surface area contributed by atoms with Gasteiger partial charge in [-0.15, -0.1) is 0 Å². The number of piperazine rings is 1. The van der Waals surface area contributed by atoms with Crippen molar-refractivity contribution >= 4 is 22.6 Å². The van der Waals surface area contributed by atoms with E-state index in [9.17, 15) is 0 Å². The average molecular weight is 452 g/mol. The summed E-state index contributed by atoms with van der Waals surface area (Å²) >= 11 is 2.34. The highest BCUT2D eigenvalue weighted by Gasteiger charge is 2.18. The molecule has 0 aliphatic carbocycles. The van der Waals surface area contributed by atoms with E-state index in [0.29, 0.717) is 12.6 Å². The molecule has 2 aromatic rings. The summed E-state index contributed by atoms with van der Waals surface area (Å²) in [7, 11) is 1.71. The SMILES string of the molecule is COc1cc(CN2CCN[C@@H](C)C2)cc(I)c1OCc1ccccc1. The Hall–Kier alpha value is -1.31. The maximum Gasteiger partial charge on any atom is 0.174 e. The molecule has 0 bridgehead atoms. The highest BCUT2D eigenvalue weighted by molar-refractivity contribution is 14.1. The fourth-order valence-electron chi connectivity index (χ4n) is 3.15. The minimum Gasteiger partial charge on any atom is -0.493 e. The van der Waals surface area contributed by atoms with E-state index in [0.717, 1.165) is 46.8 Å². The lowest BCUT2D eigenvalue weighted by Crippen LogP contribution is -2.48. The van der Waals surface area contributed by atoms with Crippen molar-refractivity contribution in [1.82, 2.24) is 10.2 Å². The van der Waals surface area contributed by atoms with Gasteiger partial charge in [-0.05, 0) is 52.8 Å². The number of benzene rings is 2. The summed E-state index contributed by atoms with van der Waals surface area (Å²) in [5, 5.41) is 3.49. The molecule has 0 aromatic heterocycles. The Labute approximate surface area is 163 Å². The first-order chi connectivity index (χ1) is 12.2. The van der Waals surface area contributed by atoms with Crippen molar-refractivity contribution in [3.05, 3.63) is 57.2 Å². The molecule has 1 fully saturated rings. The molecule has 0 spiro atoms. The number of nitrogens with one attached hydrogen (secondary N) is 1. The Morgan fingerprint density at radius 1 is 1.20 bits per heavy atom. The van der Waals surface area contributed by atoms with Crippen molar-refractivity contribution in [2.45, 2.75) is 26.1 Å². The van der Waals surface area contributed by atoms with Crippen LogP contribution in [0.4, 0.5) is 0 Å². The summed E-state index contributed by atoms with van der Waals surface area (Å²) in [6, 6.07) is 15.1. The number of halogens is 1. The second kappa shape index (κ2) is 8.87. The molecule has 134 valence electrons. The van der Waals surface area contributed by atoms with Gasteiger partial charge in [0.1, 0.15) is 6.61 Å². The van der Waals surface area contributed by atoms with Gasteiger partial charge >= 0.3 is 0 Å². The molecule has 1 N–H and O–H groups in total. The first-order valence-corrected chi connectivity index (χ1v) is 9.72. The number of hydrogen-bond donors (Lipinski definition) is 1. The second-order valence-electron chi connectivity index (χ2n) is 6.47. The molecule has 1 aliphatic rings. The van der Waals surface area contributed by atoms with Gasteiger partial charge in [-0.1, -0.05) is 30.3 Å². The molecule has 4 nitrogen and oxygen atoms in total. The van der Waals surface area contributed by atoms with Gasteiger partial charge in [0, 0.05) is 32.2 Å². The van der Waals surface area contributed by atoms with Crippen LogP contribution in [0.25, 0.3) is 0 Å². The van der Waals surface area contributed by atoms with Crippen LogP contribution in [0.15, 0.2) is 42.5 Å². The van der Waals surface area contributed by atoms with Crippen molar-refractivity contribution in [2.75, 3.05) is 26.7 Å². The lowest BCUT2D eigenvalue weighted by molar-refractivity contribution is 0.199. The van der Waals surface area contributed by atoms with Crippen LogP contribution in [-0.2, 0) is 13.2 Å². The van der Waals surface area contributed by atoms with Crippen molar-refractivity contribution in [2.24, 2.45) is 0 Å². The Kier molecular flexibility index (Phi) is 6.56. The summed E-state index contributed by atoms with van der Waals surface area (Å²) in [4.78, 5) is 2.48. The highest BCUT2D eigenvalue weighted by atomic mass is 127. The third-order valence-corrected chi connectivity index (χ3v) is 5.18. The molecule has 0 saturated carbocycles. The molecular weight excluding hydrogens is 427 g/mol. The third kappa shape index (κ3) is 5.09. The van der Waals surface area contributed by atoms with E-state index < -0.39 is 0 Å². The lowest BCUT2D eigenvalue weighted by atomic mass is 10.1. The zero-order chi connectivity index (χ0) is 17.6. The lowest BCUT2D eigenvalue weighted by Gasteiger charge is -2.32. The topological polar surface area (TPSA) is 33.7 Å². The summed E-state index contributed by atoms with van der Waals surface area (Å²) in [5.74, 6) is 1.63. The Morgan fingerprint density at radius 2 is 2.00 bits per heavy atom. The van der Waals surface area contributed by atoms with Gasteiger partial charge < -0.3 is 14.8 Å². The molecule has 1 heterocycles. The molecule has 2 aromatic carbocycles. The number of ether oxygens (including phenoxy) is 2. The van der Waals surface area contributed by atoms with Crippen LogP contribution >= 0.6 is 22.6 Å². The summed E-state index contributed by atoms with van der Waals surface area (Å²) < 4.78 is 12.7. The summed E-state index contributed by atoms with van der Waals surface area (Å²) in [5.41, 5.74) is 2.42. The molecule has 0 amide bonds. The molecule has 3 rings (SSSR count). The minimum atomic E-state index is 0.544. The van der Waals surface area contributed by atoms with E-state index in [1.165, 1.54) is 5.56 Å².